The van der Waals surface area contributed by atoms with Gasteiger partial charge in [-0.2, -0.15) is 0 Å². The highest BCUT2D eigenvalue weighted by Crippen LogP contribution is 2.41. The molecule has 12 heteroatoms. The molecule has 0 amide bonds. The van der Waals surface area contributed by atoms with Crippen molar-refractivity contribution in [3.05, 3.63) is 16.1 Å². The molecular weight excluding hydrogens is 586 g/mol. The van der Waals surface area contributed by atoms with E-state index >= 15 is 4.39 Å². The fourth-order valence-corrected chi connectivity index (χ4v) is 6.07. The largest absolute Gasteiger partial charge is 0.509 e. The second-order valence-corrected chi connectivity index (χ2v) is 16.8. The lowest BCUT2D eigenvalue weighted by atomic mass is 10.1. The number of halogens is 2. The number of carbonyl (C=O) groups excluding carboxylic acids is 1. The maximum absolute atomic E-state index is 16.0. The number of aromatic nitrogens is 3. The van der Waals surface area contributed by atoms with Crippen LogP contribution in [0.3, 0.4) is 0 Å². The van der Waals surface area contributed by atoms with Crippen LogP contribution in [0.5, 0.6) is 0 Å². The number of carbonyl (C=O) groups is 1. The van der Waals surface area contributed by atoms with Gasteiger partial charge in [-0.15, -0.1) is 0 Å². The number of ether oxygens (including phenoxy) is 3. The quantitative estimate of drug-likeness (QED) is 0.262. The van der Waals surface area contributed by atoms with Crippen LogP contribution in [0.2, 0.25) is 18.1 Å². The Labute approximate surface area is 219 Å². The highest BCUT2D eigenvalue weighted by atomic mass is 127. The summed E-state index contributed by atoms with van der Waals surface area (Å²) in [6, 6.07) is 0. The van der Waals surface area contributed by atoms with Crippen molar-refractivity contribution in [3.63, 3.8) is 0 Å². The lowest BCUT2D eigenvalue weighted by Gasteiger charge is -2.37. The van der Waals surface area contributed by atoms with Crippen LogP contribution in [0.1, 0.15) is 52.7 Å². The normalized spacial score (nSPS) is 25.9. The van der Waals surface area contributed by atoms with Crippen molar-refractivity contribution in [2.45, 2.75) is 95.3 Å². The first-order valence-corrected chi connectivity index (χ1v) is 15.9. The van der Waals surface area contributed by atoms with Crippen LogP contribution in [0, 0.1) is 3.57 Å². The van der Waals surface area contributed by atoms with Crippen molar-refractivity contribution in [2.24, 2.45) is 0 Å². The summed E-state index contributed by atoms with van der Waals surface area (Å²) >= 11 is 2.11. The van der Waals surface area contributed by atoms with Gasteiger partial charge in [-0.3, -0.25) is 0 Å². The Morgan fingerprint density at radius 2 is 1.97 bits per heavy atom. The number of rotatable bonds is 6. The average molecular weight is 621 g/mol. The predicted octanol–water partition coefficient (Wildman–Crippen LogP) is 5.34. The number of nitrogens with zero attached hydrogens (tertiary/aromatic N) is 3. The molecule has 1 saturated carbocycles. The first-order chi connectivity index (χ1) is 16.4. The molecule has 4 atom stereocenters. The molecule has 0 aromatic carbocycles. The Morgan fingerprint density at radius 3 is 2.63 bits per heavy atom. The van der Waals surface area contributed by atoms with Gasteiger partial charge < -0.3 is 28.9 Å². The first kappa shape index (κ1) is 26.5. The van der Waals surface area contributed by atoms with Crippen LogP contribution in [0.4, 0.5) is 15.0 Å². The van der Waals surface area contributed by atoms with E-state index in [1.165, 1.54) is 6.33 Å². The van der Waals surface area contributed by atoms with E-state index in [1.807, 2.05) is 0 Å². The zero-order valence-corrected chi connectivity index (χ0v) is 24.0. The molecule has 0 radical (unpaired) electrons. The van der Waals surface area contributed by atoms with Crippen molar-refractivity contribution >= 4 is 53.9 Å². The molecule has 2 N–H and O–H groups in total. The molecule has 0 spiro atoms. The van der Waals surface area contributed by atoms with Gasteiger partial charge in [0.1, 0.15) is 30.0 Å². The molecule has 194 valence electrons. The summed E-state index contributed by atoms with van der Waals surface area (Å²) in [4.78, 5) is 20.9. The number of hydrogen-bond acceptors (Lipinski definition) is 8. The van der Waals surface area contributed by atoms with E-state index < -0.39 is 39.1 Å². The summed E-state index contributed by atoms with van der Waals surface area (Å²) in [5.41, 5.74) is 6.48. The van der Waals surface area contributed by atoms with Crippen molar-refractivity contribution in [2.75, 3.05) is 12.3 Å². The highest BCUT2D eigenvalue weighted by molar-refractivity contribution is 14.1. The average Bonchev–Trinajstić information content (AvgIpc) is 3.46. The third-order valence-electron chi connectivity index (χ3n) is 7.35. The third-order valence-corrected chi connectivity index (χ3v) is 12.7. The first-order valence-electron chi connectivity index (χ1n) is 12.0. The maximum Gasteiger partial charge on any atom is 0.509 e. The molecule has 0 unspecified atom stereocenters. The van der Waals surface area contributed by atoms with E-state index in [0.717, 1.165) is 29.3 Å². The van der Waals surface area contributed by atoms with Crippen LogP contribution in [-0.2, 0) is 18.6 Å². The fraction of sp³-hybridized carbons (Fsp3) is 0.696. The number of fused-ring (bicyclic) bond motifs is 1. The summed E-state index contributed by atoms with van der Waals surface area (Å²) in [5.74, 6) is 0.303. The lowest BCUT2D eigenvalue weighted by Crippen LogP contribution is -2.45. The minimum absolute atomic E-state index is 0.0426. The molecule has 9 nitrogen and oxygen atoms in total. The van der Waals surface area contributed by atoms with Gasteiger partial charge in [0.05, 0.1) is 12.0 Å². The molecule has 2 aromatic rings. The van der Waals surface area contributed by atoms with Crippen molar-refractivity contribution < 1.29 is 27.8 Å². The fourth-order valence-electron chi connectivity index (χ4n) is 4.24. The van der Waals surface area contributed by atoms with Gasteiger partial charge in [-0.1, -0.05) is 20.8 Å². The van der Waals surface area contributed by atoms with Gasteiger partial charge in [0.25, 0.3) is 0 Å². The summed E-state index contributed by atoms with van der Waals surface area (Å²) in [5, 5.41) is 0.585. The summed E-state index contributed by atoms with van der Waals surface area (Å²) in [6.45, 7) is 10.7. The molecule has 2 aromatic heterocycles. The second-order valence-electron chi connectivity index (χ2n) is 10.8. The topological polar surface area (TPSA) is 111 Å². The van der Waals surface area contributed by atoms with E-state index in [-0.39, 0.29) is 17.7 Å². The standard InChI is InChI=1S/C23H34FIN4O5Si/c1-23(2,3)35(4,5)31-11-15-18(34-22(30)32-13-8-6-7-9-13)17(24)21(33-15)29-10-14(25)16-19(26)27-12-28-20(16)29/h10,12-13,15,17-18,21H,6-9,11H2,1-5H3,(H2,26,27,28)/t15-,17+,18-,21-/m1/s1. The third kappa shape index (κ3) is 5.44. The number of anilines is 1. The summed E-state index contributed by atoms with van der Waals surface area (Å²) < 4.78 is 41.8. The number of hydrogen-bond donors (Lipinski definition) is 1. The van der Waals surface area contributed by atoms with Crippen LogP contribution < -0.4 is 5.73 Å². The number of nitrogens with two attached hydrogens (primary N) is 1. The second kappa shape index (κ2) is 10.1. The van der Waals surface area contributed by atoms with Crippen LogP contribution in [-0.4, -0.2) is 60.1 Å². The van der Waals surface area contributed by atoms with Crippen molar-refractivity contribution in [3.8, 4) is 0 Å². The molecule has 2 fully saturated rings. The van der Waals surface area contributed by atoms with E-state index in [1.54, 1.807) is 10.8 Å². The van der Waals surface area contributed by atoms with Gasteiger partial charge in [0.15, 0.2) is 26.8 Å². The van der Waals surface area contributed by atoms with E-state index in [2.05, 4.69) is 66.4 Å². The summed E-state index contributed by atoms with van der Waals surface area (Å²) in [6.07, 6.45) is 0.861. The zero-order chi connectivity index (χ0) is 25.5. The Kier molecular flexibility index (Phi) is 7.66. The Hall–Kier alpha value is -1.51. The Bertz CT molecular complexity index is 1070. The van der Waals surface area contributed by atoms with Gasteiger partial charge in [0.2, 0.25) is 0 Å². The SMILES string of the molecule is CC(C)(C)[Si](C)(C)OC[C@H]1O[C@@H](n2cc(I)c3c(N)ncnc32)[C@@H](F)[C@@H]1OC(=O)OC1CCCC1. The monoisotopic (exact) mass is 620 g/mol. The molecule has 4 rings (SSSR count). The number of alkyl halides is 1. The van der Waals surface area contributed by atoms with Gasteiger partial charge in [-0.25, -0.2) is 19.2 Å². The van der Waals surface area contributed by atoms with E-state index in [9.17, 15) is 4.79 Å². The molecule has 3 heterocycles. The molecule has 1 aliphatic heterocycles. The molecule has 35 heavy (non-hydrogen) atoms. The lowest BCUT2D eigenvalue weighted by molar-refractivity contribution is -0.0579. The van der Waals surface area contributed by atoms with Crippen LogP contribution >= 0.6 is 22.6 Å². The van der Waals surface area contributed by atoms with Gasteiger partial charge in [-0.05, 0) is 66.4 Å². The minimum atomic E-state index is -2.16. The van der Waals surface area contributed by atoms with Crippen LogP contribution in [0.25, 0.3) is 11.0 Å². The van der Waals surface area contributed by atoms with Crippen molar-refractivity contribution in [1.82, 2.24) is 14.5 Å². The molecule has 2 aliphatic rings. The van der Waals surface area contributed by atoms with E-state index in [0.29, 0.717) is 16.9 Å². The highest BCUT2D eigenvalue weighted by Gasteiger charge is 2.51. The van der Waals surface area contributed by atoms with Gasteiger partial charge in [0, 0.05) is 9.77 Å². The zero-order valence-electron chi connectivity index (χ0n) is 20.8. The van der Waals surface area contributed by atoms with Gasteiger partial charge >= 0.3 is 6.16 Å². The van der Waals surface area contributed by atoms with Crippen molar-refractivity contribution in [1.29, 1.82) is 0 Å². The Balaban J connectivity index is 1.59. The minimum Gasteiger partial charge on any atom is -0.431 e. The molecule has 1 saturated heterocycles. The molecule has 0 bridgehead atoms. The molecule has 1 aliphatic carbocycles. The summed E-state index contributed by atoms with van der Waals surface area (Å²) in [7, 11) is -2.16. The predicted molar refractivity (Wildman–Crippen MR) is 140 cm³/mol. The van der Waals surface area contributed by atoms with E-state index in [4.69, 9.17) is 24.4 Å². The smallest absolute Gasteiger partial charge is 0.431 e. The Morgan fingerprint density at radius 1 is 1.29 bits per heavy atom. The number of nitrogen functional groups attached to an aromatic ring is 1. The molecular formula is C23H34FIN4O5Si. The maximum atomic E-state index is 16.0. The van der Waals surface area contributed by atoms with Crippen LogP contribution in [0.15, 0.2) is 12.5 Å².